The van der Waals surface area contributed by atoms with E-state index in [1.165, 1.54) is 6.07 Å². The van der Waals surface area contributed by atoms with Crippen LogP contribution in [0.15, 0.2) is 24.3 Å². The Kier molecular flexibility index (Phi) is 7.28. The molecule has 1 aliphatic rings. The van der Waals surface area contributed by atoms with Crippen molar-refractivity contribution >= 4 is 5.91 Å². The van der Waals surface area contributed by atoms with E-state index >= 15 is 0 Å². The number of morpholine rings is 1. The van der Waals surface area contributed by atoms with Crippen LogP contribution in [0.25, 0.3) is 0 Å². The highest BCUT2D eigenvalue weighted by Crippen LogP contribution is 2.05. The summed E-state index contributed by atoms with van der Waals surface area (Å²) in [5.41, 5.74) is 0.669. The minimum atomic E-state index is -0.195. The van der Waals surface area contributed by atoms with E-state index in [0.717, 1.165) is 32.8 Å². The lowest BCUT2D eigenvalue weighted by molar-refractivity contribution is -0.120. The van der Waals surface area contributed by atoms with Crippen LogP contribution >= 0.6 is 0 Å². The zero-order valence-electron chi connectivity index (χ0n) is 12.8. The van der Waals surface area contributed by atoms with Crippen molar-refractivity contribution in [2.75, 3.05) is 52.5 Å². The lowest BCUT2D eigenvalue weighted by Crippen LogP contribution is -2.43. The Labute approximate surface area is 130 Å². The summed E-state index contributed by atoms with van der Waals surface area (Å²) in [6.45, 7) is 5.73. The summed E-state index contributed by atoms with van der Waals surface area (Å²) in [6.07, 6.45) is 0.577. The van der Waals surface area contributed by atoms with Gasteiger partial charge in [-0.3, -0.25) is 9.69 Å². The average molecular weight is 309 g/mol. The first-order valence-electron chi connectivity index (χ1n) is 7.76. The van der Waals surface area contributed by atoms with Crippen molar-refractivity contribution in [1.29, 1.82) is 0 Å². The third kappa shape index (κ3) is 6.09. The van der Waals surface area contributed by atoms with Crippen LogP contribution in [-0.4, -0.2) is 63.3 Å². The molecule has 2 rings (SSSR count). The summed E-state index contributed by atoms with van der Waals surface area (Å²) < 4.78 is 18.7. The first kappa shape index (κ1) is 16.9. The number of carbonyl (C=O) groups excluding carboxylic acids is 1. The molecule has 2 N–H and O–H groups in total. The van der Waals surface area contributed by atoms with Gasteiger partial charge in [-0.1, -0.05) is 18.2 Å². The lowest BCUT2D eigenvalue weighted by Gasteiger charge is -2.26. The van der Waals surface area contributed by atoms with Gasteiger partial charge in [0.2, 0.25) is 5.91 Å². The largest absolute Gasteiger partial charge is 0.379 e. The third-order valence-corrected chi connectivity index (χ3v) is 3.67. The molecule has 1 heterocycles. The third-order valence-electron chi connectivity index (χ3n) is 3.67. The molecule has 1 aliphatic heterocycles. The molecule has 1 aromatic rings. The predicted octanol–water partition coefficient (Wildman–Crippen LogP) is 0.406. The molecular formula is C16H24FN3O2. The highest BCUT2D eigenvalue weighted by atomic mass is 19.1. The molecule has 1 fully saturated rings. The van der Waals surface area contributed by atoms with E-state index < -0.39 is 0 Å². The number of hydrogen-bond donors (Lipinski definition) is 2. The normalized spacial score (nSPS) is 15.7. The minimum Gasteiger partial charge on any atom is -0.379 e. The van der Waals surface area contributed by atoms with Crippen LogP contribution in [0.5, 0.6) is 0 Å². The Hall–Kier alpha value is -1.50. The second-order valence-electron chi connectivity index (χ2n) is 5.32. The zero-order valence-corrected chi connectivity index (χ0v) is 12.8. The van der Waals surface area contributed by atoms with Gasteiger partial charge in [0.1, 0.15) is 5.82 Å². The van der Waals surface area contributed by atoms with Crippen molar-refractivity contribution in [3.8, 4) is 0 Å². The minimum absolute atomic E-state index is 0.0261. The molecule has 0 aromatic heterocycles. The van der Waals surface area contributed by atoms with Crippen molar-refractivity contribution in [3.63, 3.8) is 0 Å². The summed E-state index contributed by atoms with van der Waals surface area (Å²) in [4.78, 5) is 13.9. The summed E-state index contributed by atoms with van der Waals surface area (Å²) in [7, 11) is 0. The number of nitrogens with zero attached hydrogens (tertiary/aromatic N) is 1. The Bertz CT molecular complexity index is 464. The summed E-state index contributed by atoms with van der Waals surface area (Å²) in [6, 6.07) is 6.71. The second kappa shape index (κ2) is 9.50. The maximum atomic E-state index is 13.4. The smallest absolute Gasteiger partial charge is 0.234 e. The van der Waals surface area contributed by atoms with Gasteiger partial charge in [0.15, 0.2) is 0 Å². The predicted molar refractivity (Wildman–Crippen MR) is 83.2 cm³/mol. The van der Waals surface area contributed by atoms with Gasteiger partial charge in [0, 0.05) is 26.2 Å². The van der Waals surface area contributed by atoms with Crippen molar-refractivity contribution in [1.82, 2.24) is 15.5 Å². The number of amides is 1. The maximum Gasteiger partial charge on any atom is 0.234 e. The van der Waals surface area contributed by atoms with Crippen LogP contribution in [0, 0.1) is 5.82 Å². The molecule has 5 nitrogen and oxygen atoms in total. The fourth-order valence-corrected chi connectivity index (χ4v) is 2.37. The topological polar surface area (TPSA) is 53.6 Å². The molecule has 0 saturated carbocycles. The van der Waals surface area contributed by atoms with Gasteiger partial charge in [-0.15, -0.1) is 0 Å². The van der Waals surface area contributed by atoms with E-state index in [1.54, 1.807) is 12.1 Å². The average Bonchev–Trinajstić information content (AvgIpc) is 2.54. The molecule has 1 aromatic carbocycles. The number of nitrogens with one attached hydrogen (secondary N) is 2. The van der Waals surface area contributed by atoms with Crippen molar-refractivity contribution in [2.24, 2.45) is 0 Å². The van der Waals surface area contributed by atoms with Crippen LogP contribution in [0.4, 0.5) is 4.39 Å². The number of rotatable bonds is 8. The van der Waals surface area contributed by atoms with Crippen molar-refractivity contribution in [2.45, 2.75) is 6.42 Å². The first-order valence-corrected chi connectivity index (χ1v) is 7.76. The van der Waals surface area contributed by atoms with Gasteiger partial charge >= 0.3 is 0 Å². The molecule has 0 aliphatic carbocycles. The molecule has 0 radical (unpaired) electrons. The number of hydrogen-bond acceptors (Lipinski definition) is 4. The van der Waals surface area contributed by atoms with Gasteiger partial charge in [-0.25, -0.2) is 4.39 Å². The highest BCUT2D eigenvalue weighted by molar-refractivity contribution is 5.77. The molecule has 6 heteroatoms. The molecule has 1 amide bonds. The van der Waals surface area contributed by atoms with Crippen LogP contribution < -0.4 is 10.6 Å². The van der Waals surface area contributed by atoms with Gasteiger partial charge < -0.3 is 15.4 Å². The Morgan fingerprint density at radius 3 is 2.77 bits per heavy atom. The summed E-state index contributed by atoms with van der Waals surface area (Å²) in [5, 5.41) is 5.92. The SMILES string of the molecule is O=C(CNCCc1ccccc1F)NCCN1CCOCC1. The van der Waals surface area contributed by atoms with Crippen molar-refractivity contribution < 1.29 is 13.9 Å². The van der Waals surface area contributed by atoms with E-state index in [0.29, 0.717) is 25.1 Å². The lowest BCUT2D eigenvalue weighted by atomic mass is 10.1. The van der Waals surface area contributed by atoms with E-state index in [9.17, 15) is 9.18 Å². The molecular weight excluding hydrogens is 285 g/mol. The molecule has 122 valence electrons. The Morgan fingerprint density at radius 1 is 1.23 bits per heavy atom. The second-order valence-corrected chi connectivity index (χ2v) is 5.32. The van der Waals surface area contributed by atoms with E-state index in [2.05, 4.69) is 15.5 Å². The molecule has 22 heavy (non-hydrogen) atoms. The van der Waals surface area contributed by atoms with E-state index in [-0.39, 0.29) is 18.3 Å². The zero-order chi connectivity index (χ0) is 15.6. The molecule has 0 spiro atoms. The van der Waals surface area contributed by atoms with Crippen LogP contribution in [0.2, 0.25) is 0 Å². The van der Waals surface area contributed by atoms with Crippen LogP contribution in [0.3, 0.4) is 0 Å². The maximum absolute atomic E-state index is 13.4. The number of ether oxygens (including phenoxy) is 1. The molecule has 0 unspecified atom stereocenters. The van der Waals surface area contributed by atoms with E-state index in [1.807, 2.05) is 6.07 Å². The molecule has 0 bridgehead atoms. The van der Waals surface area contributed by atoms with Gasteiger partial charge in [0.05, 0.1) is 19.8 Å². The number of carbonyl (C=O) groups is 1. The van der Waals surface area contributed by atoms with Crippen LogP contribution in [0.1, 0.15) is 5.56 Å². The highest BCUT2D eigenvalue weighted by Gasteiger charge is 2.10. The van der Waals surface area contributed by atoms with Gasteiger partial charge in [-0.2, -0.15) is 0 Å². The van der Waals surface area contributed by atoms with Gasteiger partial charge in [0.25, 0.3) is 0 Å². The van der Waals surface area contributed by atoms with Crippen molar-refractivity contribution in [3.05, 3.63) is 35.6 Å². The standard InChI is InChI=1S/C16H24FN3O2/c17-15-4-2-1-3-14(15)5-6-18-13-16(21)19-7-8-20-9-11-22-12-10-20/h1-4,18H,5-13H2,(H,19,21). The van der Waals surface area contributed by atoms with Gasteiger partial charge in [-0.05, 0) is 24.6 Å². The quantitative estimate of drug-likeness (QED) is 0.683. The number of halogens is 1. The molecule has 0 atom stereocenters. The Balaban J connectivity index is 1.51. The fourth-order valence-electron chi connectivity index (χ4n) is 2.37. The number of benzene rings is 1. The monoisotopic (exact) mass is 309 g/mol. The Morgan fingerprint density at radius 2 is 2.00 bits per heavy atom. The van der Waals surface area contributed by atoms with E-state index in [4.69, 9.17) is 4.74 Å². The summed E-state index contributed by atoms with van der Waals surface area (Å²) in [5.74, 6) is -0.221. The molecule has 1 saturated heterocycles. The first-order chi connectivity index (χ1) is 10.8. The fraction of sp³-hybridized carbons (Fsp3) is 0.562. The summed E-state index contributed by atoms with van der Waals surface area (Å²) >= 11 is 0. The van der Waals surface area contributed by atoms with Crippen LogP contribution in [-0.2, 0) is 16.0 Å².